The Balaban J connectivity index is 2.15. The molecule has 3 aromatic rings. The quantitative estimate of drug-likeness (QED) is 0.623. The molecule has 0 bridgehead atoms. The van der Waals surface area contributed by atoms with Crippen molar-refractivity contribution in [3.8, 4) is 11.4 Å². The van der Waals surface area contributed by atoms with Gasteiger partial charge in [-0.25, -0.2) is 4.98 Å². The maximum absolute atomic E-state index is 12.7. The average molecular weight is 262 g/mol. The molecule has 0 aliphatic carbocycles. The molecule has 1 aromatic heterocycles. The summed E-state index contributed by atoms with van der Waals surface area (Å²) < 4.78 is 1.81. The number of nitrogens with zero attached hydrogens (tertiary/aromatic N) is 2. The van der Waals surface area contributed by atoms with Gasteiger partial charge in [-0.2, -0.15) is 0 Å². The predicted molar refractivity (Wildman–Crippen MR) is 79.9 cm³/mol. The van der Waals surface area contributed by atoms with Gasteiger partial charge in [0.05, 0.1) is 10.9 Å². The molecule has 0 radical (unpaired) electrons. The van der Waals surface area contributed by atoms with Gasteiger partial charge in [-0.15, -0.1) is 0 Å². The molecule has 0 spiro atoms. The number of para-hydroxylation sites is 1. The van der Waals surface area contributed by atoms with E-state index in [9.17, 15) is 4.79 Å². The molecule has 20 heavy (non-hydrogen) atoms. The first-order valence-electron chi connectivity index (χ1n) is 6.84. The fraction of sp³-hybridized carbons (Fsp3) is 0.176. The second-order valence-electron chi connectivity index (χ2n) is 5.36. The van der Waals surface area contributed by atoms with E-state index in [1.807, 2.05) is 41.0 Å². The molecule has 98 valence electrons. The van der Waals surface area contributed by atoms with Crippen LogP contribution in [0.5, 0.6) is 0 Å². The van der Waals surface area contributed by atoms with E-state index in [0.717, 1.165) is 16.9 Å². The molecule has 1 aliphatic heterocycles. The molecule has 3 heteroatoms. The second kappa shape index (κ2) is 4.04. The first kappa shape index (κ1) is 11.4. The van der Waals surface area contributed by atoms with E-state index in [1.54, 1.807) is 0 Å². The minimum Gasteiger partial charge on any atom is -0.291 e. The Morgan fingerprint density at radius 1 is 1.10 bits per heavy atom. The summed E-state index contributed by atoms with van der Waals surface area (Å²) >= 11 is 0. The largest absolute Gasteiger partial charge is 0.291 e. The highest BCUT2D eigenvalue weighted by Crippen LogP contribution is 2.33. The SMILES string of the molecule is CC1Cn2c(nc3ccccc3c2=O)-c2ccccc21. The van der Waals surface area contributed by atoms with Gasteiger partial charge in [-0.1, -0.05) is 43.3 Å². The monoisotopic (exact) mass is 262 g/mol. The second-order valence-corrected chi connectivity index (χ2v) is 5.36. The summed E-state index contributed by atoms with van der Waals surface area (Å²) in [6, 6.07) is 15.8. The van der Waals surface area contributed by atoms with Crippen LogP contribution in [0.1, 0.15) is 18.4 Å². The third kappa shape index (κ3) is 1.46. The van der Waals surface area contributed by atoms with Crippen LogP contribution in [0.4, 0.5) is 0 Å². The molecule has 0 saturated heterocycles. The van der Waals surface area contributed by atoms with Crippen molar-refractivity contribution >= 4 is 10.9 Å². The van der Waals surface area contributed by atoms with Crippen LogP contribution >= 0.6 is 0 Å². The normalized spacial score (nSPS) is 16.8. The Morgan fingerprint density at radius 3 is 2.75 bits per heavy atom. The Hall–Kier alpha value is -2.42. The Bertz CT molecular complexity index is 880. The Kier molecular flexibility index (Phi) is 2.30. The van der Waals surface area contributed by atoms with Gasteiger partial charge in [0.15, 0.2) is 0 Å². The minimum absolute atomic E-state index is 0.0620. The standard InChI is InChI=1S/C17H14N2O/c1-11-10-19-16(13-7-3-2-6-12(11)13)18-15-9-5-4-8-14(15)17(19)20/h2-9,11H,10H2,1H3. The third-order valence-corrected chi connectivity index (χ3v) is 4.05. The molecule has 1 unspecified atom stereocenters. The van der Waals surface area contributed by atoms with Crippen LogP contribution in [0.2, 0.25) is 0 Å². The summed E-state index contributed by atoms with van der Waals surface area (Å²) in [5, 5.41) is 0.697. The molecule has 4 rings (SSSR count). The van der Waals surface area contributed by atoms with Gasteiger partial charge in [-0.05, 0) is 23.6 Å². The molecule has 2 aromatic carbocycles. The highest BCUT2D eigenvalue weighted by atomic mass is 16.1. The van der Waals surface area contributed by atoms with Crippen molar-refractivity contribution < 1.29 is 0 Å². The van der Waals surface area contributed by atoms with Crippen LogP contribution in [-0.2, 0) is 6.54 Å². The summed E-state index contributed by atoms with van der Waals surface area (Å²) in [5.74, 6) is 1.13. The average Bonchev–Trinajstić information content (AvgIpc) is 2.49. The van der Waals surface area contributed by atoms with Crippen molar-refractivity contribution in [1.82, 2.24) is 9.55 Å². The summed E-state index contributed by atoms with van der Waals surface area (Å²) in [6.45, 7) is 2.85. The summed E-state index contributed by atoms with van der Waals surface area (Å²) in [7, 11) is 0. The molecule has 2 heterocycles. The van der Waals surface area contributed by atoms with E-state index in [4.69, 9.17) is 4.98 Å². The lowest BCUT2D eigenvalue weighted by Gasteiger charge is -2.26. The molecule has 3 nitrogen and oxygen atoms in total. The van der Waals surface area contributed by atoms with Crippen molar-refractivity contribution in [2.45, 2.75) is 19.4 Å². The summed E-state index contributed by atoms with van der Waals surface area (Å²) in [6.07, 6.45) is 0. The van der Waals surface area contributed by atoms with Gasteiger partial charge >= 0.3 is 0 Å². The number of hydrogen-bond donors (Lipinski definition) is 0. The lowest BCUT2D eigenvalue weighted by atomic mass is 9.92. The molecule has 1 atom stereocenters. The van der Waals surface area contributed by atoms with Crippen LogP contribution < -0.4 is 5.56 Å². The lowest BCUT2D eigenvalue weighted by Crippen LogP contribution is -2.29. The van der Waals surface area contributed by atoms with E-state index in [2.05, 4.69) is 19.1 Å². The van der Waals surface area contributed by atoms with E-state index in [1.165, 1.54) is 5.56 Å². The molecular formula is C17H14N2O. The fourth-order valence-corrected chi connectivity index (χ4v) is 3.05. The van der Waals surface area contributed by atoms with Crippen LogP contribution in [0.15, 0.2) is 53.3 Å². The number of rotatable bonds is 0. The van der Waals surface area contributed by atoms with Crippen molar-refractivity contribution in [3.63, 3.8) is 0 Å². The Labute approximate surface area is 116 Å². The Morgan fingerprint density at radius 2 is 1.85 bits per heavy atom. The van der Waals surface area contributed by atoms with Crippen LogP contribution in [-0.4, -0.2) is 9.55 Å². The zero-order chi connectivity index (χ0) is 13.7. The molecule has 0 amide bonds. The van der Waals surface area contributed by atoms with E-state index in [-0.39, 0.29) is 5.56 Å². The molecule has 0 fully saturated rings. The topological polar surface area (TPSA) is 34.9 Å². The third-order valence-electron chi connectivity index (χ3n) is 4.05. The molecule has 0 saturated carbocycles. The predicted octanol–water partition coefficient (Wildman–Crippen LogP) is 3.18. The van der Waals surface area contributed by atoms with Crippen molar-refractivity contribution in [2.75, 3.05) is 0 Å². The number of fused-ring (bicyclic) bond motifs is 4. The number of aromatic nitrogens is 2. The first-order valence-corrected chi connectivity index (χ1v) is 6.84. The van der Waals surface area contributed by atoms with E-state index >= 15 is 0 Å². The summed E-state index contributed by atoms with van der Waals surface area (Å²) in [4.78, 5) is 17.4. The zero-order valence-corrected chi connectivity index (χ0v) is 11.2. The minimum atomic E-state index is 0.0620. The van der Waals surface area contributed by atoms with Crippen LogP contribution in [0.25, 0.3) is 22.3 Å². The molecule has 1 aliphatic rings. The van der Waals surface area contributed by atoms with Crippen molar-refractivity contribution in [1.29, 1.82) is 0 Å². The smallest absolute Gasteiger partial charge is 0.261 e. The van der Waals surface area contributed by atoms with Crippen LogP contribution in [0.3, 0.4) is 0 Å². The zero-order valence-electron chi connectivity index (χ0n) is 11.2. The highest BCUT2D eigenvalue weighted by Gasteiger charge is 2.24. The van der Waals surface area contributed by atoms with Gasteiger partial charge in [0.1, 0.15) is 5.82 Å². The van der Waals surface area contributed by atoms with Crippen LogP contribution in [0, 0.1) is 0 Å². The lowest BCUT2D eigenvalue weighted by molar-refractivity contribution is 0.565. The number of benzene rings is 2. The number of hydrogen-bond acceptors (Lipinski definition) is 2. The van der Waals surface area contributed by atoms with Gasteiger partial charge < -0.3 is 0 Å². The first-order chi connectivity index (χ1) is 9.75. The van der Waals surface area contributed by atoms with Gasteiger partial charge in [-0.3, -0.25) is 9.36 Å². The molecule has 0 N–H and O–H groups in total. The van der Waals surface area contributed by atoms with Gasteiger partial charge in [0, 0.05) is 12.1 Å². The van der Waals surface area contributed by atoms with Gasteiger partial charge in [0.2, 0.25) is 0 Å². The fourth-order valence-electron chi connectivity index (χ4n) is 3.05. The van der Waals surface area contributed by atoms with E-state index in [0.29, 0.717) is 17.8 Å². The van der Waals surface area contributed by atoms with Crippen molar-refractivity contribution in [2.24, 2.45) is 0 Å². The maximum Gasteiger partial charge on any atom is 0.261 e. The summed E-state index contributed by atoms with van der Waals surface area (Å²) in [5.41, 5.74) is 3.18. The van der Waals surface area contributed by atoms with Crippen molar-refractivity contribution in [3.05, 3.63) is 64.4 Å². The highest BCUT2D eigenvalue weighted by molar-refractivity contribution is 5.80. The van der Waals surface area contributed by atoms with Gasteiger partial charge in [0.25, 0.3) is 5.56 Å². The maximum atomic E-state index is 12.7. The van der Waals surface area contributed by atoms with E-state index < -0.39 is 0 Å². The molecular weight excluding hydrogens is 248 g/mol.